The van der Waals surface area contributed by atoms with E-state index in [4.69, 9.17) is 34.9 Å². The third-order valence-electron chi connectivity index (χ3n) is 16.5. The molecular formula is C79H53N9. The molecule has 0 aliphatic heterocycles. The van der Waals surface area contributed by atoms with Gasteiger partial charge in [-0.3, -0.25) is 0 Å². The fraction of sp³-hybridized carbons (Fsp3) is 0.0253. The van der Waals surface area contributed by atoms with E-state index in [0.29, 0.717) is 34.9 Å². The van der Waals surface area contributed by atoms with Gasteiger partial charge in [-0.15, -0.1) is 0 Å². The highest BCUT2D eigenvalue weighted by Gasteiger charge is 2.28. The second-order valence-corrected chi connectivity index (χ2v) is 22.3. The van der Waals surface area contributed by atoms with Crippen LogP contribution in [0.5, 0.6) is 0 Å². The highest BCUT2D eigenvalue weighted by molar-refractivity contribution is 6.14. The largest absolute Gasteiger partial charge is 0.307 e. The summed E-state index contributed by atoms with van der Waals surface area (Å²) in [7, 11) is 0. The van der Waals surface area contributed by atoms with E-state index in [1.54, 1.807) is 0 Å². The Kier molecular flexibility index (Phi) is 12.8. The maximum atomic E-state index is 5.60. The van der Waals surface area contributed by atoms with E-state index in [-0.39, 0.29) is 0 Å². The Morgan fingerprint density at radius 3 is 1.12 bits per heavy atom. The van der Waals surface area contributed by atoms with Crippen molar-refractivity contribution in [3.8, 4) is 113 Å². The molecule has 414 valence electrons. The van der Waals surface area contributed by atoms with Crippen LogP contribution in [0.3, 0.4) is 0 Å². The van der Waals surface area contributed by atoms with Crippen molar-refractivity contribution in [3.05, 3.63) is 296 Å². The maximum Gasteiger partial charge on any atom is 0.166 e. The minimum Gasteiger partial charge on any atom is -0.307 e. The van der Waals surface area contributed by atoms with Crippen LogP contribution in [0, 0.1) is 13.8 Å². The van der Waals surface area contributed by atoms with E-state index in [0.717, 1.165) is 133 Å². The van der Waals surface area contributed by atoms with Crippen LogP contribution in [0.1, 0.15) is 11.1 Å². The van der Waals surface area contributed by atoms with E-state index in [1.807, 2.05) is 103 Å². The highest BCUT2D eigenvalue weighted by Crippen LogP contribution is 2.46. The molecule has 0 bridgehead atoms. The molecule has 0 fully saturated rings. The Morgan fingerprint density at radius 1 is 0.227 bits per heavy atom. The van der Waals surface area contributed by atoms with E-state index in [2.05, 4.69) is 205 Å². The lowest BCUT2D eigenvalue weighted by molar-refractivity contribution is 1.04. The lowest BCUT2D eigenvalue weighted by Crippen LogP contribution is -2.09. The average Bonchev–Trinajstić information content (AvgIpc) is 1.68. The molecule has 16 rings (SSSR count). The number of aryl methyl sites for hydroxylation is 2. The Morgan fingerprint density at radius 2 is 0.625 bits per heavy atom. The number of hydrogen-bond acceptors (Lipinski definition) is 7. The molecule has 0 atom stereocenters. The number of rotatable bonds is 11. The Hall–Kier alpha value is -11.8. The van der Waals surface area contributed by atoms with Gasteiger partial charge in [-0.1, -0.05) is 230 Å². The molecule has 11 aromatic carbocycles. The van der Waals surface area contributed by atoms with Crippen LogP contribution in [0.25, 0.3) is 157 Å². The van der Waals surface area contributed by atoms with Gasteiger partial charge in [0.25, 0.3) is 0 Å². The van der Waals surface area contributed by atoms with E-state index < -0.39 is 0 Å². The summed E-state index contributed by atoms with van der Waals surface area (Å²) in [5.74, 6) is 3.11. The molecule has 0 saturated carbocycles. The lowest BCUT2D eigenvalue weighted by Gasteiger charge is -2.22. The number of pyridine rings is 1. The van der Waals surface area contributed by atoms with Crippen molar-refractivity contribution in [2.75, 3.05) is 0 Å². The summed E-state index contributed by atoms with van der Waals surface area (Å²) in [6.45, 7) is 4.33. The normalized spacial score (nSPS) is 11.5. The Balaban J connectivity index is 1.10. The van der Waals surface area contributed by atoms with Gasteiger partial charge in [0, 0.05) is 66.1 Å². The molecule has 0 saturated heterocycles. The first-order valence-electron chi connectivity index (χ1n) is 29.5. The smallest absolute Gasteiger partial charge is 0.166 e. The fourth-order valence-electron chi connectivity index (χ4n) is 12.3. The third-order valence-corrected chi connectivity index (χ3v) is 16.5. The van der Waals surface area contributed by atoms with Crippen molar-refractivity contribution in [1.82, 2.24) is 44.0 Å². The number of fused-ring (bicyclic) bond motifs is 6. The summed E-state index contributed by atoms with van der Waals surface area (Å²) in [6.07, 6.45) is 0. The zero-order valence-electron chi connectivity index (χ0n) is 48.2. The van der Waals surface area contributed by atoms with E-state index in [1.165, 1.54) is 0 Å². The predicted octanol–water partition coefficient (Wildman–Crippen LogP) is 19.3. The van der Waals surface area contributed by atoms with Crippen molar-refractivity contribution in [1.29, 1.82) is 0 Å². The lowest BCUT2D eigenvalue weighted by atomic mass is 10.0. The van der Waals surface area contributed by atoms with E-state index in [9.17, 15) is 0 Å². The summed E-state index contributed by atoms with van der Waals surface area (Å²) in [5.41, 5.74) is 18.9. The fourth-order valence-corrected chi connectivity index (χ4v) is 12.3. The van der Waals surface area contributed by atoms with Crippen LogP contribution in [-0.2, 0) is 0 Å². The average molecular weight is 1130 g/mol. The molecule has 0 radical (unpaired) electrons. The van der Waals surface area contributed by atoms with Crippen LogP contribution in [0.15, 0.2) is 285 Å². The minimum atomic E-state index is 0.468. The topological polar surface area (TPSA) is 100 Å². The maximum absolute atomic E-state index is 5.60. The molecule has 0 unspecified atom stereocenters. The van der Waals surface area contributed by atoms with Crippen LogP contribution >= 0.6 is 0 Å². The molecular weight excluding hydrogens is 1070 g/mol. The third kappa shape index (κ3) is 9.35. The van der Waals surface area contributed by atoms with Crippen LogP contribution in [0.4, 0.5) is 0 Å². The summed E-state index contributed by atoms with van der Waals surface area (Å²) in [5, 5.41) is 4.40. The summed E-state index contributed by atoms with van der Waals surface area (Å²) in [4.78, 5) is 37.9. The summed E-state index contributed by atoms with van der Waals surface area (Å²) in [6, 6.07) is 99.5. The molecule has 9 nitrogen and oxygen atoms in total. The van der Waals surface area contributed by atoms with Gasteiger partial charge in [0.1, 0.15) is 0 Å². The first-order chi connectivity index (χ1) is 43.4. The monoisotopic (exact) mass is 1130 g/mol. The van der Waals surface area contributed by atoms with Gasteiger partial charge in [-0.25, -0.2) is 34.9 Å². The number of aromatic nitrogens is 9. The number of benzene rings is 11. The first-order valence-corrected chi connectivity index (χ1v) is 29.5. The predicted molar refractivity (Wildman–Crippen MR) is 358 cm³/mol. The second kappa shape index (κ2) is 21.7. The summed E-state index contributed by atoms with van der Waals surface area (Å²) < 4.78 is 4.86. The molecule has 0 amide bonds. The summed E-state index contributed by atoms with van der Waals surface area (Å²) >= 11 is 0. The van der Waals surface area contributed by atoms with Crippen molar-refractivity contribution in [3.63, 3.8) is 0 Å². The molecule has 88 heavy (non-hydrogen) atoms. The molecule has 16 aromatic rings. The van der Waals surface area contributed by atoms with Crippen LogP contribution in [0.2, 0.25) is 0 Å². The number of nitrogens with zero attached hydrogens (tertiary/aromatic N) is 9. The van der Waals surface area contributed by atoms with Crippen molar-refractivity contribution < 1.29 is 0 Å². The van der Waals surface area contributed by atoms with Gasteiger partial charge >= 0.3 is 0 Å². The molecule has 9 heteroatoms. The molecule has 0 N–H and O–H groups in total. The van der Waals surface area contributed by atoms with Gasteiger partial charge in [0.2, 0.25) is 0 Å². The van der Waals surface area contributed by atoms with Gasteiger partial charge in [0.15, 0.2) is 34.9 Å². The van der Waals surface area contributed by atoms with Crippen molar-refractivity contribution in [2.45, 2.75) is 13.8 Å². The van der Waals surface area contributed by atoms with Gasteiger partial charge in [-0.2, -0.15) is 0 Å². The SMILES string of the molecule is Cc1ccc2c(c1)c1cc(C)ccc1n2-c1c(-c2nc(-c3ccccc3)nc(-c3ccccc3)n2)cc(-c2nc(-c3ccccc3)nc(-c3ccccc3)n2)cc1-n1c2ccc(-c3ccccc3)cc2c2ccc(-c3cccc(-c4ccccc4)n3)cc21. The molecule has 0 aliphatic rings. The van der Waals surface area contributed by atoms with Gasteiger partial charge in [-0.05, 0) is 91.7 Å². The van der Waals surface area contributed by atoms with Crippen molar-refractivity contribution >= 4 is 43.6 Å². The zero-order chi connectivity index (χ0) is 58.7. The molecule has 0 aliphatic carbocycles. The molecule has 0 spiro atoms. The van der Waals surface area contributed by atoms with Crippen molar-refractivity contribution in [2.24, 2.45) is 0 Å². The van der Waals surface area contributed by atoms with E-state index >= 15 is 0 Å². The number of hydrogen-bond donors (Lipinski definition) is 0. The van der Waals surface area contributed by atoms with Crippen LogP contribution < -0.4 is 0 Å². The Labute approximate surface area is 508 Å². The first kappa shape index (κ1) is 51.8. The standard InChI is InChI=1S/C79H53N9/c1-50-36-41-69-62(44-50)63-45-51(2)37-42-70(63)88(69)73-65(79-85-76(56-30-17-7-18-31-56)82-77(86-79)57-32-19-8-20-33-57)47-60(78-83-74(54-26-13-5-14-27-54)81-75(84-78)55-28-15-6-16-29-55)49-72(73)87-68-43-39-58(52-22-9-3-10-23-52)46-64(68)61-40-38-59(48-71(61)87)67-35-21-34-66(80-67)53-24-11-4-12-25-53/h3-49H,1-2H3. The molecule has 5 aromatic heterocycles. The zero-order valence-corrected chi connectivity index (χ0v) is 48.2. The van der Waals surface area contributed by atoms with Crippen LogP contribution in [-0.4, -0.2) is 44.0 Å². The minimum absolute atomic E-state index is 0.468. The van der Waals surface area contributed by atoms with Gasteiger partial charge in [0.05, 0.1) is 44.8 Å². The quantitative estimate of drug-likeness (QED) is 0.127. The Bertz CT molecular complexity index is 5140. The second-order valence-electron chi connectivity index (χ2n) is 22.3. The van der Waals surface area contributed by atoms with Gasteiger partial charge < -0.3 is 9.13 Å². The highest BCUT2D eigenvalue weighted by atomic mass is 15.1. The molecule has 5 heterocycles.